The molecule has 0 aliphatic carbocycles. The molecule has 108 valence electrons. The summed E-state index contributed by atoms with van der Waals surface area (Å²) in [5, 5.41) is 9.16. The van der Waals surface area contributed by atoms with E-state index in [9.17, 15) is 4.79 Å². The molecule has 0 saturated carbocycles. The van der Waals surface area contributed by atoms with Crippen LogP contribution >= 0.6 is 15.9 Å². The number of rotatable bonds is 3. The fourth-order valence-electron chi connectivity index (χ4n) is 3.11. The van der Waals surface area contributed by atoms with E-state index in [0.29, 0.717) is 6.54 Å². The van der Waals surface area contributed by atoms with E-state index in [4.69, 9.17) is 9.84 Å². The summed E-state index contributed by atoms with van der Waals surface area (Å²) in [6, 6.07) is 4.20. The third-order valence-corrected chi connectivity index (χ3v) is 4.53. The average Bonchev–Trinajstić information content (AvgIpc) is 2.87. The smallest absolute Gasteiger partial charge is 0.307 e. The molecular weight excluding hydrogens is 322 g/mol. The molecule has 1 fully saturated rings. The Morgan fingerprint density at radius 1 is 1.50 bits per heavy atom. The molecule has 5 heteroatoms. The molecule has 1 atom stereocenters. The van der Waals surface area contributed by atoms with E-state index in [0.717, 1.165) is 54.7 Å². The Balaban J connectivity index is 1.76. The number of piperidine rings is 1. The Kier molecular flexibility index (Phi) is 3.98. The van der Waals surface area contributed by atoms with E-state index < -0.39 is 5.97 Å². The fourth-order valence-corrected chi connectivity index (χ4v) is 3.66. The van der Waals surface area contributed by atoms with Crippen molar-refractivity contribution in [3.63, 3.8) is 0 Å². The maximum absolute atomic E-state index is 11.1. The van der Waals surface area contributed by atoms with Gasteiger partial charge in [-0.2, -0.15) is 0 Å². The van der Waals surface area contributed by atoms with Crippen LogP contribution in [0.1, 0.15) is 24.0 Å². The molecule has 2 heterocycles. The highest BCUT2D eigenvalue weighted by molar-refractivity contribution is 9.10. The summed E-state index contributed by atoms with van der Waals surface area (Å²) in [6.45, 7) is 3.11. The summed E-state index contributed by atoms with van der Waals surface area (Å²) >= 11 is 3.55. The number of halogens is 1. The van der Waals surface area contributed by atoms with Crippen LogP contribution in [-0.2, 0) is 17.8 Å². The highest BCUT2D eigenvalue weighted by atomic mass is 79.9. The average molecular weight is 340 g/mol. The Labute approximate surface area is 126 Å². The molecule has 20 heavy (non-hydrogen) atoms. The second-order valence-electron chi connectivity index (χ2n) is 5.56. The molecule has 2 aliphatic heterocycles. The minimum atomic E-state index is -0.676. The topological polar surface area (TPSA) is 49.8 Å². The number of hydrogen-bond donors (Lipinski definition) is 1. The first kappa shape index (κ1) is 13.9. The highest BCUT2D eigenvalue weighted by Gasteiger charge is 2.27. The standard InChI is InChI=1S/C15H18BrNO3/c16-13-6-10-3-5-20-14(10)12(7-13)9-17-4-1-2-11(8-17)15(18)19/h6-7,11H,1-5,8-9H2,(H,18,19). The molecule has 0 aromatic heterocycles. The number of hydrogen-bond acceptors (Lipinski definition) is 3. The fraction of sp³-hybridized carbons (Fsp3) is 0.533. The first-order valence-electron chi connectivity index (χ1n) is 7.03. The van der Waals surface area contributed by atoms with Gasteiger partial charge in [-0.25, -0.2) is 0 Å². The number of aliphatic carboxylic acids is 1. The maximum Gasteiger partial charge on any atom is 0.307 e. The number of likely N-dealkylation sites (tertiary alicyclic amines) is 1. The summed E-state index contributed by atoms with van der Waals surface area (Å²) < 4.78 is 6.81. The molecule has 1 saturated heterocycles. The number of carboxylic acids is 1. The van der Waals surface area contributed by atoms with Crippen LogP contribution in [0.2, 0.25) is 0 Å². The Bertz CT molecular complexity index is 532. The van der Waals surface area contributed by atoms with Crippen LogP contribution < -0.4 is 4.74 Å². The van der Waals surface area contributed by atoms with Gasteiger partial charge in [0.1, 0.15) is 5.75 Å². The van der Waals surface area contributed by atoms with Crippen molar-refractivity contribution in [2.45, 2.75) is 25.8 Å². The highest BCUT2D eigenvalue weighted by Crippen LogP contribution is 2.34. The summed E-state index contributed by atoms with van der Waals surface area (Å²) in [7, 11) is 0. The molecule has 1 unspecified atom stereocenters. The third-order valence-electron chi connectivity index (χ3n) is 4.07. The molecule has 1 aromatic rings. The zero-order valence-corrected chi connectivity index (χ0v) is 12.9. The van der Waals surface area contributed by atoms with E-state index in [2.05, 4.69) is 33.0 Å². The predicted molar refractivity (Wildman–Crippen MR) is 79.0 cm³/mol. The van der Waals surface area contributed by atoms with Crippen LogP contribution in [0.4, 0.5) is 0 Å². The lowest BCUT2D eigenvalue weighted by molar-refractivity contribution is -0.143. The minimum absolute atomic E-state index is 0.232. The van der Waals surface area contributed by atoms with Crippen LogP contribution in [0.3, 0.4) is 0 Å². The lowest BCUT2D eigenvalue weighted by Crippen LogP contribution is -2.38. The number of fused-ring (bicyclic) bond motifs is 1. The van der Waals surface area contributed by atoms with Gasteiger partial charge < -0.3 is 9.84 Å². The van der Waals surface area contributed by atoms with E-state index in [1.165, 1.54) is 5.56 Å². The van der Waals surface area contributed by atoms with Crippen molar-refractivity contribution in [1.29, 1.82) is 0 Å². The monoisotopic (exact) mass is 339 g/mol. The second-order valence-corrected chi connectivity index (χ2v) is 6.48. The SMILES string of the molecule is O=C(O)C1CCCN(Cc2cc(Br)cc3c2OCC3)C1. The number of nitrogens with zero attached hydrogens (tertiary/aromatic N) is 1. The van der Waals surface area contributed by atoms with Gasteiger partial charge in [0, 0.05) is 29.5 Å². The van der Waals surface area contributed by atoms with Crippen molar-refractivity contribution in [2.24, 2.45) is 5.92 Å². The zero-order chi connectivity index (χ0) is 14.1. The van der Waals surface area contributed by atoms with E-state index >= 15 is 0 Å². The van der Waals surface area contributed by atoms with Gasteiger partial charge in [-0.1, -0.05) is 15.9 Å². The van der Waals surface area contributed by atoms with Crippen LogP contribution in [0.5, 0.6) is 5.75 Å². The summed E-state index contributed by atoms with van der Waals surface area (Å²) in [6.07, 6.45) is 2.70. The molecule has 0 radical (unpaired) electrons. The lowest BCUT2D eigenvalue weighted by atomic mass is 9.97. The van der Waals surface area contributed by atoms with Gasteiger partial charge in [-0.05, 0) is 37.1 Å². The quantitative estimate of drug-likeness (QED) is 0.919. The number of carbonyl (C=O) groups is 1. The largest absolute Gasteiger partial charge is 0.493 e. The number of ether oxygens (including phenoxy) is 1. The second kappa shape index (κ2) is 5.74. The van der Waals surface area contributed by atoms with Crippen molar-refractivity contribution in [2.75, 3.05) is 19.7 Å². The number of benzene rings is 1. The Hall–Kier alpha value is -1.07. The molecule has 2 aliphatic rings. The van der Waals surface area contributed by atoms with Crippen LogP contribution in [-0.4, -0.2) is 35.7 Å². The van der Waals surface area contributed by atoms with E-state index in [-0.39, 0.29) is 5.92 Å². The summed E-state index contributed by atoms with van der Waals surface area (Å²) in [4.78, 5) is 13.4. The normalized spacial score (nSPS) is 22.4. The first-order chi connectivity index (χ1) is 9.63. The molecular formula is C15H18BrNO3. The molecule has 0 bridgehead atoms. The van der Waals surface area contributed by atoms with Crippen molar-refractivity contribution in [1.82, 2.24) is 4.90 Å². The molecule has 0 amide bonds. The summed E-state index contributed by atoms with van der Waals surface area (Å²) in [5.41, 5.74) is 2.42. The number of carboxylic acid groups (broad SMARTS) is 1. The molecule has 1 N–H and O–H groups in total. The molecule has 3 rings (SSSR count). The molecule has 0 spiro atoms. The van der Waals surface area contributed by atoms with Crippen molar-refractivity contribution in [3.05, 3.63) is 27.7 Å². The van der Waals surface area contributed by atoms with Gasteiger partial charge in [0.25, 0.3) is 0 Å². The van der Waals surface area contributed by atoms with Gasteiger partial charge in [0.05, 0.1) is 12.5 Å². The Morgan fingerprint density at radius 2 is 2.35 bits per heavy atom. The predicted octanol–water partition coefficient (Wildman–Crippen LogP) is 2.68. The van der Waals surface area contributed by atoms with Crippen molar-refractivity contribution >= 4 is 21.9 Å². The van der Waals surface area contributed by atoms with E-state index in [1.807, 2.05) is 0 Å². The lowest BCUT2D eigenvalue weighted by Gasteiger charge is -2.31. The minimum Gasteiger partial charge on any atom is -0.493 e. The van der Waals surface area contributed by atoms with Crippen LogP contribution in [0.25, 0.3) is 0 Å². The van der Waals surface area contributed by atoms with Crippen LogP contribution in [0.15, 0.2) is 16.6 Å². The van der Waals surface area contributed by atoms with Crippen LogP contribution in [0, 0.1) is 5.92 Å². The van der Waals surface area contributed by atoms with Gasteiger partial charge in [0.2, 0.25) is 0 Å². The van der Waals surface area contributed by atoms with E-state index in [1.54, 1.807) is 0 Å². The van der Waals surface area contributed by atoms with Gasteiger partial charge >= 0.3 is 5.97 Å². The first-order valence-corrected chi connectivity index (χ1v) is 7.82. The van der Waals surface area contributed by atoms with Crippen molar-refractivity contribution < 1.29 is 14.6 Å². The molecule has 1 aromatic carbocycles. The zero-order valence-electron chi connectivity index (χ0n) is 11.3. The molecule has 4 nitrogen and oxygen atoms in total. The third kappa shape index (κ3) is 2.83. The van der Waals surface area contributed by atoms with Gasteiger partial charge in [-0.3, -0.25) is 9.69 Å². The van der Waals surface area contributed by atoms with Crippen molar-refractivity contribution in [3.8, 4) is 5.75 Å². The summed E-state index contributed by atoms with van der Waals surface area (Å²) in [5.74, 6) is 0.0981. The van der Waals surface area contributed by atoms with Gasteiger partial charge in [0.15, 0.2) is 0 Å². The Morgan fingerprint density at radius 3 is 3.15 bits per heavy atom. The van der Waals surface area contributed by atoms with Gasteiger partial charge in [-0.15, -0.1) is 0 Å². The maximum atomic E-state index is 11.1.